The van der Waals surface area contributed by atoms with Gasteiger partial charge in [-0.2, -0.15) is 0 Å². The third-order valence-corrected chi connectivity index (χ3v) is 3.60. The Morgan fingerprint density at radius 1 is 0.882 bits per heavy atom. The highest BCUT2D eigenvalue weighted by Crippen LogP contribution is 2.53. The van der Waals surface area contributed by atoms with E-state index in [2.05, 4.69) is 0 Å². The Kier molecular flexibility index (Phi) is 2.26. The van der Waals surface area contributed by atoms with Crippen molar-refractivity contribution < 1.29 is 4.39 Å². The number of halogens is 1. The summed E-state index contributed by atoms with van der Waals surface area (Å²) in [6.45, 7) is 0. The first kappa shape index (κ1) is 10.5. The van der Waals surface area contributed by atoms with Gasteiger partial charge in [0.05, 0.1) is 0 Å². The molecule has 0 amide bonds. The average molecular weight is 227 g/mol. The molecule has 1 heterocycles. The van der Waals surface area contributed by atoms with Gasteiger partial charge in [-0.1, -0.05) is 60.7 Å². The van der Waals surface area contributed by atoms with Crippen molar-refractivity contribution in [3.8, 4) is 0 Å². The molecule has 1 saturated heterocycles. The van der Waals surface area contributed by atoms with E-state index in [4.69, 9.17) is 0 Å². The Morgan fingerprint density at radius 2 is 1.24 bits per heavy atom. The quantitative estimate of drug-likeness (QED) is 0.562. The Bertz CT molecular complexity index is 459. The van der Waals surface area contributed by atoms with Gasteiger partial charge in [0.15, 0.2) is 6.30 Å². The zero-order valence-corrected chi connectivity index (χ0v) is 9.68. The molecule has 0 saturated carbocycles. The highest BCUT2D eigenvalue weighted by molar-refractivity contribution is 5.46. The number of rotatable bonds is 2. The van der Waals surface area contributed by atoms with E-state index in [0.717, 1.165) is 11.1 Å². The molecule has 1 aliphatic rings. The fourth-order valence-electron chi connectivity index (χ4n) is 2.61. The number of alkyl halides is 1. The number of hydrogen-bond donors (Lipinski definition) is 0. The Labute approximate surface area is 101 Å². The van der Waals surface area contributed by atoms with Crippen LogP contribution < -0.4 is 0 Å². The van der Waals surface area contributed by atoms with Gasteiger partial charge in [0.2, 0.25) is 0 Å². The summed E-state index contributed by atoms with van der Waals surface area (Å²) in [6.07, 6.45) is -0.938. The van der Waals surface area contributed by atoms with E-state index in [1.54, 1.807) is 4.90 Å². The zero-order chi connectivity index (χ0) is 11.9. The molecule has 0 aromatic heterocycles. The molecule has 0 spiro atoms. The second-order valence-corrected chi connectivity index (χ2v) is 4.45. The summed E-state index contributed by atoms with van der Waals surface area (Å²) in [6, 6.07) is 19.7. The van der Waals surface area contributed by atoms with Crippen molar-refractivity contribution in [3.05, 3.63) is 71.8 Å². The molecule has 2 heteroatoms. The molecular formula is C15H14FN. The molecule has 2 atom stereocenters. The molecule has 0 N–H and O–H groups in total. The molecule has 0 bridgehead atoms. The normalized spacial score (nSPS) is 25.5. The molecule has 1 aliphatic heterocycles. The largest absolute Gasteiger partial charge is 0.257 e. The number of hydrogen-bond acceptors (Lipinski definition) is 1. The Hall–Kier alpha value is -1.67. The molecule has 1 nitrogen and oxygen atoms in total. The van der Waals surface area contributed by atoms with Crippen molar-refractivity contribution in [1.29, 1.82) is 0 Å². The maximum Gasteiger partial charge on any atom is 0.181 e. The first-order valence-electron chi connectivity index (χ1n) is 5.76. The summed E-state index contributed by atoms with van der Waals surface area (Å²) in [4.78, 5) is 1.76. The summed E-state index contributed by atoms with van der Waals surface area (Å²) in [7, 11) is 1.82. The van der Waals surface area contributed by atoms with E-state index in [0.29, 0.717) is 0 Å². The monoisotopic (exact) mass is 227 g/mol. The number of nitrogens with zero attached hydrogens (tertiary/aromatic N) is 1. The Balaban J connectivity index is 2.14. The molecule has 17 heavy (non-hydrogen) atoms. The topological polar surface area (TPSA) is 3.01 Å². The molecule has 86 valence electrons. The lowest BCUT2D eigenvalue weighted by Gasteiger charge is -2.16. The molecular weight excluding hydrogens is 213 g/mol. The fourth-order valence-corrected chi connectivity index (χ4v) is 2.61. The summed E-state index contributed by atoms with van der Waals surface area (Å²) in [5, 5.41) is 0. The minimum atomic E-state index is -0.938. The van der Waals surface area contributed by atoms with Gasteiger partial charge in [0.1, 0.15) is 5.54 Å². The predicted molar refractivity (Wildman–Crippen MR) is 66.3 cm³/mol. The minimum absolute atomic E-state index is 0.581. The molecule has 1 fully saturated rings. The second-order valence-electron chi connectivity index (χ2n) is 4.45. The van der Waals surface area contributed by atoms with Crippen LogP contribution in [0, 0.1) is 0 Å². The summed E-state index contributed by atoms with van der Waals surface area (Å²) in [5.41, 5.74) is 1.45. The van der Waals surface area contributed by atoms with Gasteiger partial charge in [-0.15, -0.1) is 0 Å². The lowest BCUT2D eigenvalue weighted by Crippen LogP contribution is -2.16. The minimum Gasteiger partial charge on any atom is -0.257 e. The van der Waals surface area contributed by atoms with Crippen molar-refractivity contribution in [1.82, 2.24) is 4.90 Å². The van der Waals surface area contributed by atoms with Crippen LogP contribution in [0.2, 0.25) is 0 Å². The third-order valence-electron chi connectivity index (χ3n) is 3.60. The van der Waals surface area contributed by atoms with E-state index in [9.17, 15) is 4.39 Å². The molecule has 2 aromatic rings. The number of likely N-dealkylation sites (N-methyl/N-ethyl adjacent to an activating group) is 1. The van der Waals surface area contributed by atoms with Crippen LogP contribution in [0.3, 0.4) is 0 Å². The first-order valence-corrected chi connectivity index (χ1v) is 5.76. The summed E-state index contributed by atoms with van der Waals surface area (Å²) >= 11 is 0. The lowest BCUT2D eigenvalue weighted by molar-refractivity contribution is 0.383. The van der Waals surface area contributed by atoms with Crippen molar-refractivity contribution in [2.75, 3.05) is 7.05 Å². The van der Waals surface area contributed by atoms with Gasteiger partial charge in [-0.25, -0.2) is 4.39 Å². The molecule has 3 rings (SSSR count). The molecule has 0 aliphatic carbocycles. The van der Waals surface area contributed by atoms with Crippen molar-refractivity contribution in [2.24, 2.45) is 0 Å². The SMILES string of the molecule is CN1C(F)C1(c1ccccc1)c1ccccc1. The average Bonchev–Trinajstić information content (AvgIpc) is 2.95. The Morgan fingerprint density at radius 3 is 1.53 bits per heavy atom. The van der Waals surface area contributed by atoms with Crippen LogP contribution in [-0.2, 0) is 5.54 Å². The second kappa shape index (κ2) is 3.67. The predicted octanol–water partition coefficient (Wildman–Crippen LogP) is 3.17. The fraction of sp³-hybridized carbons (Fsp3) is 0.200. The van der Waals surface area contributed by atoms with E-state index < -0.39 is 11.8 Å². The van der Waals surface area contributed by atoms with Crippen LogP contribution in [0.15, 0.2) is 60.7 Å². The van der Waals surface area contributed by atoms with E-state index in [-0.39, 0.29) is 0 Å². The smallest absolute Gasteiger partial charge is 0.181 e. The summed E-state index contributed by atoms with van der Waals surface area (Å²) in [5.74, 6) is 0. The highest BCUT2D eigenvalue weighted by Gasteiger charge is 2.63. The molecule has 0 radical (unpaired) electrons. The van der Waals surface area contributed by atoms with Gasteiger partial charge in [0, 0.05) is 0 Å². The number of benzene rings is 2. The maximum absolute atomic E-state index is 14.1. The van der Waals surface area contributed by atoms with Crippen LogP contribution in [0.4, 0.5) is 4.39 Å². The van der Waals surface area contributed by atoms with Crippen LogP contribution in [0.25, 0.3) is 0 Å². The van der Waals surface area contributed by atoms with Gasteiger partial charge in [-0.3, -0.25) is 4.90 Å². The van der Waals surface area contributed by atoms with Crippen LogP contribution >= 0.6 is 0 Å². The van der Waals surface area contributed by atoms with Gasteiger partial charge in [0.25, 0.3) is 0 Å². The van der Waals surface area contributed by atoms with E-state index >= 15 is 0 Å². The van der Waals surface area contributed by atoms with Gasteiger partial charge >= 0.3 is 0 Å². The van der Waals surface area contributed by atoms with Gasteiger partial charge in [-0.05, 0) is 18.2 Å². The molecule has 2 aromatic carbocycles. The summed E-state index contributed by atoms with van der Waals surface area (Å²) < 4.78 is 14.1. The molecule has 2 unspecified atom stereocenters. The third kappa shape index (κ3) is 1.34. The highest BCUT2D eigenvalue weighted by atomic mass is 19.1. The lowest BCUT2D eigenvalue weighted by atomic mass is 9.90. The van der Waals surface area contributed by atoms with Crippen molar-refractivity contribution >= 4 is 0 Å². The zero-order valence-electron chi connectivity index (χ0n) is 9.68. The standard InChI is InChI=1S/C15H14FN/c1-17-14(16)15(17,12-8-4-2-5-9-12)13-10-6-3-7-11-13/h2-11,14H,1H3. The van der Waals surface area contributed by atoms with E-state index in [1.807, 2.05) is 67.7 Å². The van der Waals surface area contributed by atoms with Crippen LogP contribution in [0.1, 0.15) is 11.1 Å². The van der Waals surface area contributed by atoms with E-state index in [1.165, 1.54) is 0 Å². The first-order chi connectivity index (χ1) is 8.28. The van der Waals surface area contributed by atoms with Crippen LogP contribution in [0.5, 0.6) is 0 Å². The van der Waals surface area contributed by atoms with Crippen molar-refractivity contribution in [2.45, 2.75) is 11.8 Å². The van der Waals surface area contributed by atoms with Gasteiger partial charge < -0.3 is 0 Å². The van der Waals surface area contributed by atoms with Crippen molar-refractivity contribution in [3.63, 3.8) is 0 Å². The maximum atomic E-state index is 14.1. The van der Waals surface area contributed by atoms with Crippen LogP contribution in [-0.4, -0.2) is 18.2 Å².